The molecule has 0 bridgehead atoms. The minimum atomic E-state index is 0.716. The molecule has 1 aliphatic heterocycles. The Morgan fingerprint density at radius 2 is 1.90 bits per heavy atom. The van der Waals surface area contributed by atoms with Crippen molar-refractivity contribution in [2.75, 3.05) is 20.8 Å². The van der Waals surface area contributed by atoms with Gasteiger partial charge in [0.1, 0.15) is 6.26 Å². The number of fused-ring (bicyclic) bond motifs is 1. The van der Waals surface area contributed by atoms with Gasteiger partial charge >= 0.3 is 0 Å². The number of methoxy groups -OCH3 is 2. The highest BCUT2D eigenvalue weighted by Crippen LogP contribution is 2.33. The van der Waals surface area contributed by atoms with Crippen LogP contribution in [0.1, 0.15) is 22.7 Å². The lowest BCUT2D eigenvalue weighted by molar-refractivity contribution is 0.241. The van der Waals surface area contributed by atoms with Crippen LogP contribution in [0.4, 0.5) is 0 Å². The number of rotatable bonds is 4. The van der Waals surface area contributed by atoms with Crippen molar-refractivity contribution >= 4 is 0 Å². The van der Waals surface area contributed by atoms with Crippen LogP contribution >= 0.6 is 0 Å². The summed E-state index contributed by atoms with van der Waals surface area (Å²) in [6, 6.07) is 4.17. The van der Waals surface area contributed by atoms with Crippen molar-refractivity contribution in [1.29, 1.82) is 0 Å². The quantitative estimate of drug-likeness (QED) is 0.865. The highest BCUT2D eigenvalue weighted by molar-refractivity contribution is 5.48. The van der Waals surface area contributed by atoms with Gasteiger partial charge in [-0.1, -0.05) is 0 Å². The van der Waals surface area contributed by atoms with Crippen molar-refractivity contribution in [3.8, 4) is 11.5 Å². The minimum absolute atomic E-state index is 0.716. The second-order valence-corrected chi connectivity index (χ2v) is 5.29. The number of aromatic nitrogens is 1. The number of oxazole rings is 1. The lowest BCUT2D eigenvalue weighted by Crippen LogP contribution is -2.30. The molecule has 1 aromatic carbocycles. The molecular formula is C16H20N2O3. The highest BCUT2D eigenvalue weighted by Gasteiger charge is 2.20. The first-order valence-corrected chi connectivity index (χ1v) is 7.06. The molecule has 1 aliphatic rings. The average Bonchev–Trinajstić information content (AvgIpc) is 2.90. The van der Waals surface area contributed by atoms with Crippen molar-refractivity contribution in [2.24, 2.45) is 0 Å². The van der Waals surface area contributed by atoms with Gasteiger partial charge in [-0.3, -0.25) is 4.90 Å². The molecule has 2 heterocycles. The summed E-state index contributed by atoms with van der Waals surface area (Å²) in [6.07, 6.45) is 2.74. The summed E-state index contributed by atoms with van der Waals surface area (Å²) in [5, 5.41) is 0. The van der Waals surface area contributed by atoms with E-state index < -0.39 is 0 Å². The molecule has 0 spiro atoms. The van der Waals surface area contributed by atoms with Crippen molar-refractivity contribution < 1.29 is 13.9 Å². The van der Waals surface area contributed by atoms with E-state index in [0.29, 0.717) is 5.89 Å². The number of benzene rings is 1. The molecule has 0 amide bonds. The Bertz CT molecular complexity index is 636. The van der Waals surface area contributed by atoms with Crippen LogP contribution in [-0.2, 0) is 19.5 Å². The van der Waals surface area contributed by atoms with Crippen molar-refractivity contribution in [3.63, 3.8) is 0 Å². The smallest absolute Gasteiger partial charge is 0.191 e. The Balaban J connectivity index is 1.78. The maximum Gasteiger partial charge on any atom is 0.191 e. The maximum atomic E-state index is 5.39. The lowest BCUT2D eigenvalue weighted by Gasteiger charge is -2.28. The van der Waals surface area contributed by atoms with Crippen LogP contribution < -0.4 is 9.47 Å². The molecule has 0 fully saturated rings. The number of ether oxygens (including phenoxy) is 2. The number of nitrogens with zero attached hydrogens (tertiary/aromatic N) is 2. The second kappa shape index (κ2) is 5.77. The fourth-order valence-electron chi connectivity index (χ4n) is 2.79. The summed E-state index contributed by atoms with van der Waals surface area (Å²) in [4.78, 5) is 6.74. The molecule has 2 aromatic rings. The van der Waals surface area contributed by atoms with Crippen molar-refractivity contribution in [2.45, 2.75) is 26.4 Å². The molecule has 3 rings (SSSR count). The van der Waals surface area contributed by atoms with Crippen LogP contribution in [-0.4, -0.2) is 30.6 Å². The van der Waals surface area contributed by atoms with Gasteiger partial charge < -0.3 is 13.9 Å². The molecule has 0 N–H and O–H groups in total. The van der Waals surface area contributed by atoms with Gasteiger partial charge in [-0.25, -0.2) is 4.98 Å². The van der Waals surface area contributed by atoms with Gasteiger partial charge in [0.25, 0.3) is 0 Å². The molecule has 0 saturated carbocycles. The Kier molecular flexibility index (Phi) is 3.84. The molecule has 0 unspecified atom stereocenters. The lowest BCUT2D eigenvalue weighted by atomic mass is 9.98. The van der Waals surface area contributed by atoms with Crippen LogP contribution in [0, 0.1) is 6.92 Å². The molecule has 112 valence electrons. The second-order valence-electron chi connectivity index (χ2n) is 5.29. The molecule has 5 heteroatoms. The van der Waals surface area contributed by atoms with Crippen LogP contribution in [0.25, 0.3) is 0 Å². The minimum Gasteiger partial charge on any atom is -0.493 e. The largest absolute Gasteiger partial charge is 0.493 e. The maximum absolute atomic E-state index is 5.39. The first-order chi connectivity index (χ1) is 10.2. The summed E-state index contributed by atoms with van der Waals surface area (Å²) >= 11 is 0. The van der Waals surface area contributed by atoms with Crippen LogP contribution in [0.2, 0.25) is 0 Å². The van der Waals surface area contributed by atoms with E-state index in [0.717, 1.165) is 43.2 Å². The van der Waals surface area contributed by atoms with E-state index in [2.05, 4.69) is 22.0 Å². The molecule has 0 saturated heterocycles. The first-order valence-electron chi connectivity index (χ1n) is 7.06. The van der Waals surface area contributed by atoms with E-state index in [4.69, 9.17) is 13.9 Å². The third kappa shape index (κ3) is 2.88. The summed E-state index contributed by atoms with van der Waals surface area (Å²) in [7, 11) is 3.34. The average molecular weight is 288 g/mol. The highest BCUT2D eigenvalue weighted by atomic mass is 16.5. The molecule has 0 aliphatic carbocycles. The zero-order valence-corrected chi connectivity index (χ0v) is 12.7. The van der Waals surface area contributed by atoms with E-state index in [1.54, 1.807) is 20.5 Å². The standard InChI is InChI=1S/C16H20N2O3/c1-11-17-14(10-21-11)9-18-5-4-12-6-15(19-2)16(20-3)7-13(12)8-18/h6-7,10H,4-5,8-9H2,1-3H3. The number of hydrogen-bond acceptors (Lipinski definition) is 5. The van der Waals surface area contributed by atoms with Gasteiger partial charge in [-0.15, -0.1) is 0 Å². The summed E-state index contributed by atoms with van der Waals surface area (Å²) in [6.45, 7) is 4.58. The molecule has 5 nitrogen and oxygen atoms in total. The zero-order chi connectivity index (χ0) is 14.8. The predicted octanol–water partition coefficient (Wildman–Crippen LogP) is 2.56. The summed E-state index contributed by atoms with van der Waals surface area (Å²) in [5.41, 5.74) is 3.61. The Morgan fingerprint density at radius 3 is 2.52 bits per heavy atom. The normalized spacial score (nSPS) is 14.8. The van der Waals surface area contributed by atoms with Gasteiger partial charge in [-0.05, 0) is 29.7 Å². The SMILES string of the molecule is COc1cc2c(cc1OC)CN(Cc1coc(C)n1)CC2. The Morgan fingerprint density at radius 1 is 1.19 bits per heavy atom. The summed E-state index contributed by atoms with van der Waals surface area (Å²) < 4.78 is 16.0. The van der Waals surface area contributed by atoms with Crippen LogP contribution in [0.3, 0.4) is 0 Å². The predicted molar refractivity (Wildman–Crippen MR) is 78.6 cm³/mol. The van der Waals surface area contributed by atoms with E-state index in [-0.39, 0.29) is 0 Å². The fourth-order valence-corrected chi connectivity index (χ4v) is 2.79. The van der Waals surface area contributed by atoms with Crippen LogP contribution in [0.5, 0.6) is 11.5 Å². The van der Waals surface area contributed by atoms with Gasteiger partial charge in [0.15, 0.2) is 17.4 Å². The molecule has 1 aromatic heterocycles. The molecular weight excluding hydrogens is 268 g/mol. The number of aryl methyl sites for hydroxylation is 1. The van der Waals surface area contributed by atoms with Crippen LogP contribution in [0.15, 0.2) is 22.8 Å². The fraction of sp³-hybridized carbons (Fsp3) is 0.438. The topological polar surface area (TPSA) is 47.7 Å². The van der Waals surface area contributed by atoms with E-state index in [1.165, 1.54) is 11.1 Å². The van der Waals surface area contributed by atoms with E-state index >= 15 is 0 Å². The van der Waals surface area contributed by atoms with Gasteiger partial charge in [0.05, 0.1) is 19.9 Å². The van der Waals surface area contributed by atoms with Gasteiger partial charge in [0.2, 0.25) is 0 Å². The van der Waals surface area contributed by atoms with Gasteiger partial charge in [0, 0.05) is 26.6 Å². The Labute approximate surface area is 124 Å². The van der Waals surface area contributed by atoms with Gasteiger partial charge in [-0.2, -0.15) is 0 Å². The van der Waals surface area contributed by atoms with E-state index in [9.17, 15) is 0 Å². The molecule has 0 atom stereocenters. The monoisotopic (exact) mass is 288 g/mol. The molecule has 21 heavy (non-hydrogen) atoms. The first kappa shape index (κ1) is 13.9. The summed E-state index contributed by atoms with van der Waals surface area (Å²) in [5.74, 6) is 2.31. The van der Waals surface area contributed by atoms with E-state index in [1.807, 2.05) is 6.92 Å². The third-order valence-corrected chi connectivity index (χ3v) is 3.85. The van der Waals surface area contributed by atoms with Crippen molar-refractivity contribution in [3.05, 3.63) is 41.1 Å². The zero-order valence-electron chi connectivity index (χ0n) is 12.7. The third-order valence-electron chi connectivity index (χ3n) is 3.85. The Hall–Kier alpha value is -2.01. The number of hydrogen-bond donors (Lipinski definition) is 0. The van der Waals surface area contributed by atoms with Crippen molar-refractivity contribution in [1.82, 2.24) is 9.88 Å². The molecule has 0 radical (unpaired) electrons.